The number of hydrogen-bond acceptors (Lipinski definition) is 2. The third kappa shape index (κ3) is 1.43. The van der Waals surface area contributed by atoms with Crippen molar-refractivity contribution in [2.24, 2.45) is 29.6 Å². The molecule has 0 aliphatic heterocycles. The molecule has 3 aliphatic carbocycles. The lowest BCUT2D eigenvalue weighted by atomic mass is 9.97. The Kier molecular flexibility index (Phi) is 2.35. The van der Waals surface area contributed by atoms with E-state index in [1.54, 1.807) is 0 Å². The number of imidazole rings is 1. The minimum atomic E-state index is -0.156. The van der Waals surface area contributed by atoms with Gasteiger partial charge in [-0.2, -0.15) is 0 Å². The van der Waals surface area contributed by atoms with E-state index < -0.39 is 0 Å². The highest BCUT2D eigenvalue weighted by Crippen LogP contribution is 2.70. The summed E-state index contributed by atoms with van der Waals surface area (Å²) in [7, 11) is 0. The van der Waals surface area contributed by atoms with E-state index in [1.807, 2.05) is 12.4 Å². The molecule has 5 unspecified atom stereocenters. The van der Waals surface area contributed by atoms with E-state index in [0.29, 0.717) is 5.92 Å². The maximum atomic E-state index is 10.5. The fraction of sp³-hybridized carbons (Fsp3) is 0.800. The van der Waals surface area contributed by atoms with Gasteiger partial charge in [-0.3, -0.25) is 0 Å². The van der Waals surface area contributed by atoms with Crippen LogP contribution in [0.25, 0.3) is 0 Å². The predicted octanol–water partition coefficient (Wildman–Crippen LogP) is 2.10. The zero-order chi connectivity index (χ0) is 12.3. The van der Waals surface area contributed by atoms with Crippen LogP contribution < -0.4 is 0 Å². The Bertz CT molecular complexity index is 439. The van der Waals surface area contributed by atoms with Gasteiger partial charge in [-0.05, 0) is 55.8 Å². The molecule has 0 saturated heterocycles. The van der Waals surface area contributed by atoms with Gasteiger partial charge in [-0.1, -0.05) is 0 Å². The third-order valence-electron chi connectivity index (χ3n) is 5.77. The third-order valence-corrected chi connectivity index (χ3v) is 5.77. The number of nitrogens with zero attached hydrogens (tertiary/aromatic N) is 2. The van der Waals surface area contributed by atoms with E-state index in [9.17, 15) is 5.11 Å². The van der Waals surface area contributed by atoms with Crippen molar-refractivity contribution in [1.29, 1.82) is 0 Å². The standard InChI is InChI=1S/C15H22N2O/c1-2-17-6-5-16-12(17)8-11(18)15-13-9-3-4-10(7-9)14(13)15/h5-6,9-11,13-15,18H,2-4,7-8H2,1H3. The van der Waals surface area contributed by atoms with E-state index in [0.717, 1.165) is 42.5 Å². The molecular formula is C15H22N2O. The average Bonchev–Trinajstić information content (AvgIpc) is 2.73. The van der Waals surface area contributed by atoms with Gasteiger partial charge >= 0.3 is 0 Å². The fourth-order valence-corrected chi connectivity index (χ4v) is 5.05. The van der Waals surface area contributed by atoms with Crippen molar-refractivity contribution in [3.8, 4) is 0 Å². The first-order chi connectivity index (χ1) is 8.79. The Hall–Kier alpha value is -0.830. The van der Waals surface area contributed by atoms with Crippen LogP contribution in [-0.4, -0.2) is 20.8 Å². The molecule has 2 bridgehead atoms. The molecule has 1 aromatic heterocycles. The van der Waals surface area contributed by atoms with Gasteiger partial charge in [0, 0.05) is 25.4 Å². The molecule has 3 heteroatoms. The highest BCUT2D eigenvalue weighted by molar-refractivity contribution is 5.15. The van der Waals surface area contributed by atoms with Crippen LogP contribution >= 0.6 is 0 Å². The zero-order valence-electron chi connectivity index (χ0n) is 11.0. The Balaban J connectivity index is 1.45. The summed E-state index contributed by atoms with van der Waals surface area (Å²) in [6, 6.07) is 0. The van der Waals surface area contributed by atoms with Gasteiger partial charge < -0.3 is 9.67 Å². The summed E-state index contributed by atoms with van der Waals surface area (Å²) in [6.45, 7) is 3.08. The molecule has 0 amide bonds. The fourth-order valence-electron chi connectivity index (χ4n) is 5.05. The van der Waals surface area contributed by atoms with Crippen molar-refractivity contribution in [2.75, 3.05) is 0 Å². The molecule has 3 saturated carbocycles. The van der Waals surface area contributed by atoms with Gasteiger partial charge in [0.25, 0.3) is 0 Å². The highest BCUT2D eigenvalue weighted by Gasteiger charge is 2.66. The number of aliphatic hydroxyl groups is 1. The van der Waals surface area contributed by atoms with Crippen LogP contribution in [0.15, 0.2) is 12.4 Å². The van der Waals surface area contributed by atoms with Crippen LogP contribution in [0.4, 0.5) is 0 Å². The van der Waals surface area contributed by atoms with Crippen molar-refractivity contribution in [3.63, 3.8) is 0 Å². The van der Waals surface area contributed by atoms with Gasteiger partial charge in [0.15, 0.2) is 0 Å². The molecule has 5 atom stereocenters. The van der Waals surface area contributed by atoms with Crippen LogP contribution in [0.5, 0.6) is 0 Å². The van der Waals surface area contributed by atoms with Crippen molar-refractivity contribution < 1.29 is 5.11 Å². The number of aliphatic hydroxyl groups excluding tert-OH is 1. The molecule has 1 N–H and O–H groups in total. The van der Waals surface area contributed by atoms with Crippen LogP contribution in [-0.2, 0) is 13.0 Å². The van der Waals surface area contributed by atoms with E-state index in [1.165, 1.54) is 19.3 Å². The van der Waals surface area contributed by atoms with Crippen molar-refractivity contribution in [2.45, 2.75) is 45.3 Å². The Morgan fingerprint density at radius 2 is 2.11 bits per heavy atom. The van der Waals surface area contributed by atoms with Gasteiger partial charge in [0.05, 0.1) is 6.10 Å². The predicted molar refractivity (Wildman–Crippen MR) is 68.9 cm³/mol. The molecule has 98 valence electrons. The number of hydrogen-bond donors (Lipinski definition) is 1. The summed E-state index contributed by atoms with van der Waals surface area (Å²) in [6.07, 6.45) is 8.77. The number of aryl methyl sites for hydroxylation is 1. The molecule has 0 radical (unpaired) electrons. The van der Waals surface area contributed by atoms with E-state index >= 15 is 0 Å². The first-order valence-electron chi connectivity index (χ1n) is 7.47. The van der Waals surface area contributed by atoms with E-state index in [2.05, 4.69) is 16.5 Å². The number of aromatic nitrogens is 2. The molecule has 1 aromatic rings. The van der Waals surface area contributed by atoms with Crippen molar-refractivity contribution >= 4 is 0 Å². The topological polar surface area (TPSA) is 38.0 Å². The second kappa shape index (κ2) is 3.83. The maximum absolute atomic E-state index is 10.5. The van der Waals surface area contributed by atoms with E-state index in [-0.39, 0.29) is 6.10 Å². The van der Waals surface area contributed by atoms with Crippen LogP contribution in [0.2, 0.25) is 0 Å². The molecular weight excluding hydrogens is 224 g/mol. The molecule has 0 spiro atoms. The molecule has 3 fully saturated rings. The smallest absolute Gasteiger partial charge is 0.111 e. The SMILES string of the molecule is CCn1ccnc1CC(O)C1C2C3CCC(C3)C12. The lowest BCUT2D eigenvalue weighted by Crippen LogP contribution is -2.20. The van der Waals surface area contributed by atoms with Crippen LogP contribution in [0.1, 0.15) is 32.0 Å². The maximum Gasteiger partial charge on any atom is 0.111 e. The van der Waals surface area contributed by atoms with Gasteiger partial charge in [0.2, 0.25) is 0 Å². The second-order valence-corrected chi connectivity index (χ2v) is 6.47. The normalized spacial score (nSPS) is 42.0. The first-order valence-corrected chi connectivity index (χ1v) is 7.47. The minimum absolute atomic E-state index is 0.156. The largest absolute Gasteiger partial charge is 0.392 e. The lowest BCUT2D eigenvalue weighted by Gasteiger charge is -2.15. The van der Waals surface area contributed by atoms with Gasteiger partial charge in [-0.25, -0.2) is 4.98 Å². The summed E-state index contributed by atoms with van der Waals surface area (Å²) in [5, 5.41) is 10.5. The van der Waals surface area contributed by atoms with Crippen molar-refractivity contribution in [1.82, 2.24) is 9.55 Å². The Morgan fingerprint density at radius 3 is 2.78 bits per heavy atom. The summed E-state index contributed by atoms with van der Waals surface area (Å²) < 4.78 is 2.15. The monoisotopic (exact) mass is 246 g/mol. The van der Waals surface area contributed by atoms with Crippen molar-refractivity contribution in [3.05, 3.63) is 18.2 Å². The van der Waals surface area contributed by atoms with Gasteiger partial charge in [-0.15, -0.1) is 0 Å². The molecule has 1 heterocycles. The number of fused-ring (bicyclic) bond motifs is 5. The second-order valence-electron chi connectivity index (χ2n) is 6.47. The van der Waals surface area contributed by atoms with Crippen LogP contribution in [0.3, 0.4) is 0 Å². The minimum Gasteiger partial charge on any atom is -0.392 e. The Labute approximate surface area is 108 Å². The molecule has 0 aromatic carbocycles. The highest BCUT2D eigenvalue weighted by atomic mass is 16.3. The summed E-state index contributed by atoms with van der Waals surface area (Å²) in [5.41, 5.74) is 0. The average molecular weight is 246 g/mol. The lowest BCUT2D eigenvalue weighted by molar-refractivity contribution is 0.125. The molecule has 18 heavy (non-hydrogen) atoms. The van der Waals surface area contributed by atoms with E-state index in [4.69, 9.17) is 0 Å². The summed E-state index contributed by atoms with van der Waals surface area (Å²) in [5.74, 6) is 5.28. The molecule has 4 rings (SSSR count). The summed E-state index contributed by atoms with van der Waals surface area (Å²) in [4.78, 5) is 4.39. The molecule has 3 nitrogen and oxygen atoms in total. The van der Waals surface area contributed by atoms with Gasteiger partial charge in [0.1, 0.15) is 5.82 Å². The summed E-state index contributed by atoms with van der Waals surface area (Å²) >= 11 is 0. The zero-order valence-corrected chi connectivity index (χ0v) is 11.0. The number of rotatable bonds is 4. The quantitative estimate of drug-likeness (QED) is 0.883. The van der Waals surface area contributed by atoms with Crippen LogP contribution in [0, 0.1) is 29.6 Å². The molecule has 3 aliphatic rings. The first kappa shape index (κ1) is 11.0. The Morgan fingerprint density at radius 1 is 1.39 bits per heavy atom.